The first-order chi connectivity index (χ1) is 11.9. The average molecular weight is 338 g/mol. The second-order valence-corrected chi connectivity index (χ2v) is 7.10. The predicted molar refractivity (Wildman–Crippen MR) is 101 cm³/mol. The largest absolute Gasteiger partial charge is 0.354 e. The third-order valence-electron chi connectivity index (χ3n) is 3.95. The van der Waals surface area contributed by atoms with Gasteiger partial charge in [-0.15, -0.1) is 0 Å². The lowest BCUT2D eigenvalue weighted by Crippen LogP contribution is -2.35. The van der Waals surface area contributed by atoms with E-state index in [-0.39, 0.29) is 17.2 Å². The van der Waals surface area contributed by atoms with Crippen molar-refractivity contribution in [1.82, 2.24) is 10.6 Å². The normalized spacial score (nSPS) is 11.0. The van der Waals surface area contributed by atoms with Crippen molar-refractivity contribution >= 4 is 11.8 Å². The number of carbonyl (C=O) groups is 2. The van der Waals surface area contributed by atoms with Crippen LogP contribution in [-0.2, 0) is 16.6 Å². The Balaban J connectivity index is 1.72. The van der Waals surface area contributed by atoms with Crippen LogP contribution in [-0.4, -0.2) is 24.9 Å². The highest BCUT2D eigenvalue weighted by atomic mass is 16.2. The van der Waals surface area contributed by atoms with Crippen molar-refractivity contribution in [3.63, 3.8) is 0 Å². The highest BCUT2D eigenvalue weighted by Crippen LogP contribution is 2.22. The van der Waals surface area contributed by atoms with Gasteiger partial charge in [0.05, 0.1) is 6.42 Å². The van der Waals surface area contributed by atoms with E-state index in [0.717, 1.165) is 5.56 Å². The molecule has 2 N–H and O–H groups in total. The lowest BCUT2D eigenvalue weighted by Gasteiger charge is -2.19. The van der Waals surface area contributed by atoms with Crippen LogP contribution in [0.2, 0.25) is 0 Å². The van der Waals surface area contributed by atoms with Gasteiger partial charge < -0.3 is 10.6 Å². The van der Waals surface area contributed by atoms with Gasteiger partial charge in [0.1, 0.15) is 0 Å². The van der Waals surface area contributed by atoms with Gasteiger partial charge in [-0.05, 0) is 28.7 Å². The van der Waals surface area contributed by atoms with Gasteiger partial charge in [-0.3, -0.25) is 9.59 Å². The molecule has 0 radical (unpaired) electrons. The Bertz CT molecular complexity index is 701. The van der Waals surface area contributed by atoms with Crippen LogP contribution in [0.1, 0.15) is 42.3 Å². The summed E-state index contributed by atoms with van der Waals surface area (Å²) in [5.41, 5.74) is 2.86. The van der Waals surface area contributed by atoms with E-state index >= 15 is 0 Å². The molecule has 0 aromatic heterocycles. The standard InChI is InChI=1S/C21H26N2O2/c1-21(2,3)18-11-9-17(10-12-18)20(25)23-14-13-22-19(24)15-16-7-5-4-6-8-16/h4-12H,13-15H2,1-3H3,(H,22,24)(H,23,25). The highest BCUT2D eigenvalue weighted by molar-refractivity contribution is 5.94. The van der Waals surface area contributed by atoms with E-state index in [1.54, 1.807) is 0 Å². The van der Waals surface area contributed by atoms with Gasteiger partial charge in [0.2, 0.25) is 5.91 Å². The molecule has 25 heavy (non-hydrogen) atoms. The Morgan fingerprint density at radius 2 is 1.44 bits per heavy atom. The number of benzene rings is 2. The fourth-order valence-corrected chi connectivity index (χ4v) is 2.45. The number of hydrogen-bond acceptors (Lipinski definition) is 2. The van der Waals surface area contributed by atoms with E-state index in [1.165, 1.54) is 5.56 Å². The molecule has 0 saturated carbocycles. The molecule has 132 valence electrons. The SMILES string of the molecule is CC(C)(C)c1ccc(C(=O)NCCNC(=O)Cc2ccccc2)cc1. The lowest BCUT2D eigenvalue weighted by molar-refractivity contribution is -0.120. The minimum Gasteiger partial charge on any atom is -0.354 e. The molecule has 0 fully saturated rings. The average Bonchev–Trinajstić information content (AvgIpc) is 2.59. The van der Waals surface area contributed by atoms with E-state index < -0.39 is 0 Å². The molecule has 0 aliphatic carbocycles. The topological polar surface area (TPSA) is 58.2 Å². The number of amides is 2. The summed E-state index contributed by atoms with van der Waals surface area (Å²) in [4.78, 5) is 24.0. The molecule has 2 aromatic rings. The van der Waals surface area contributed by atoms with E-state index in [1.807, 2.05) is 54.6 Å². The number of hydrogen-bond donors (Lipinski definition) is 2. The summed E-state index contributed by atoms with van der Waals surface area (Å²) in [6.07, 6.45) is 0.350. The zero-order chi connectivity index (χ0) is 18.3. The third-order valence-corrected chi connectivity index (χ3v) is 3.95. The van der Waals surface area contributed by atoms with Gasteiger partial charge in [-0.1, -0.05) is 63.2 Å². The zero-order valence-corrected chi connectivity index (χ0v) is 15.1. The summed E-state index contributed by atoms with van der Waals surface area (Å²) in [5.74, 6) is -0.173. The molecule has 0 bridgehead atoms. The van der Waals surface area contributed by atoms with E-state index in [9.17, 15) is 9.59 Å². The zero-order valence-electron chi connectivity index (χ0n) is 15.1. The van der Waals surface area contributed by atoms with Crippen molar-refractivity contribution < 1.29 is 9.59 Å². The van der Waals surface area contributed by atoms with Crippen molar-refractivity contribution in [2.75, 3.05) is 13.1 Å². The maximum absolute atomic E-state index is 12.1. The minimum absolute atomic E-state index is 0.0463. The first kappa shape index (κ1) is 18.7. The third kappa shape index (κ3) is 6.07. The van der Waals surface area contributed by atoms with Crippen molar-refractivity contribution in [3.05, 3.63) is 71.3 Å². The second kappa shape index (κ2) is 8.47. The molecule has 0 spiro atoms. The summed E-state index contributed by atoms with van der Waals surface area (Å²) >= 11 is 0. The summed E-state index contributed by atoms with van der Waals surface area (Å²) in [6.45, 7) is 7.23. The summed E-state index contributed by atoms with van der Waals surface area (Å²) in [6, 6.07) is 17.2. The smallest absolute Gasteiger partial charge is 0.251 e. The molecule has 0 heterocycles. The van der Waals surface area contributed by atoms with Gasteiger partial charge in [-0.2, -0.15) is 0 Å². The summed E-state index contributed by atoms with van der Waals surface area (Å²) in [7, 11) is 0. The maximum Gasteiger partial charge on any atom is 0.251 e. The Hall–Kier alpha value is -2.62. The van der Waals surface area contributed by atoms with Gasteiger partial charge in [0.15, 0.2) is 0 Å². The van der Waals surface area contributed by atoms with Gasteiger partial charge >= 0.3 is 0 Å². The van der Waals surface area contributed by atoms with Gasteiger partial charge in [0.25, 0.3) is 5.91 Å². The van der Waals surface area contributed by atoms with Gasteiger partial charge in [0, 0.05) is 18.7 Å². The fraction of sp³-hybridized carbons (Fsp3) is 0.333. The second-order valence-electron chi connectivity index (χ2n) is 7.10. The van der Waals surface area contributed by atoms with Gasteiger partial charge in [-0.25, -0.2) is 0 Å². The lowest BCUT2D eigenvalue weighted by atomic mass is 9.87. The first-order valence-corrected chi connectivity index (χ1v) is 8.55. The Morgan fingerprint density at radius 1 is 0.840 bits per heavy atom. The Morgan fingerprint density at radius 3 is 2.04 bits per heavy atom. The molecule has 0 unspecified atom stereocenters. The van der Waals surface area contributed by atoms with Crippen molar-refractivity contribution in [1.29, 1.82) is 0 Å². The molecule has 0 aliphatic rings. The van der Waals surface area contributed by atoms with Crippen LogP contribution >= 0.6 is 0 Å². The summed E-state index contributed by atoms with van der Waals surface area (Å²) < 4.78 is 0. The number of carbonyl (C=O) groups excluding carboxylic acids is 2. The molecule has 2 aromatic carbocycles. The van der Waals surface area contributed by atoms with Crippen LogP contribution in [0.4, 0.5) is 0 Å². The molecular weight excluding hydrogens is 312 g/mol. The molecule has 4 heteroatoms. The van der Waals surface area contributed by atoms with Crippen LogP contribution in [0.3, 0.4) is 0 Å². The quantitative estimate of drug-likeness (QED) is 0.795. The first-order valence-electron chi connectivity index (χ1n) is 8.55. The van der Waals surface area contributed by atoms with Crippen molar-refractivity contribution in [3.8, 4) is 0 Å². The molecule has 4 nitrogen and oxygen atoms in total. The van der Waals surface area contributed by atoms with Crippen LogP contribution in [0.25, 0.3) is 0 Å². The van der Waals surface area contributed by atoms with E-state index in [2.05, 4.69) is 31.4 Å². The molecule has 0 aliphatic heterocycles. The molecule has 2 amide bonds. The van der Waals surface area contributed by atoms with E-state index in [4.69, 9.17) is 0 Å². The number of rotatable bonds is 6. The van der Waals surface area contributed by atoms with E-state index in [0.29, 0.717) is 25.1 Å². The molecule has 0 saturated heterocycles. The Labute approximate surface area is 149 Å². The molecular formula is C21H26N2O2. The van der Waals surface area contributed by atoms with Crippen LogP contribution in [0.5, 0.6) is 0 Å². The number of nitrogens with one attached hydrogen (secondary N) is 2. The summed E-state index contributed by atoms with van der Waals surface area (Å²) in [5, 5.41) is 5.64. The van der Waals surface area contributed by atoms with Crippen LogP contribution in [0, 0.1) is 0 Å². The predicted octanol–water partition coefficient (Wildman–Crippen LogP) is 3.07. The highest BCUT2D eigenvalue weighted by Gasteiger charge is 2.14. The van der Waals surface area contributed by atoms with Crippen molar-refractivity contribution in [2.24, 2.45) is 0 Å². The fourth-order valence-electron chi connectivity index (χ4n) is 2.45. The monoisotopic (exact) mass is 338 g/mol. The maximum atomic E-state index is 12.1. The minimum atomic E-state index is -0.127. The van der Waals surface area contributed by atoms with Crippen LogP contribution < -0.4 is 10.6 Å². The van der Waals surface area contributed by atoms with Crippen LogP contribution in [0.15, 0.2) is 54.6 Å². The molecule has 0 atom stereocenters. The van der Waals surface area contributed by atoms with Crippen molar-refractivity contribution in [2.45, 2.75) is 32.6 Å². The Kier molecular flexibility index (Phi) is 6.34. The molecule has 2 rings (SSSR count).